The second-order valence-electron chi connectivity index (χ2n) is 3.79. The average Bonchev–Trinajstić information content (AvgIpc) is 2.74. The Morgan fingerprint density at radius 2 is 2.24 bits per heavy atom. The van der Waals surface area contributed by atoms with E-state index in [1.807, 2.05) is 0 Å². The highest BCUT2D eigenvalue weighted by atomic mass is 79.9. The number of aromatic carboxylic acids is 1. The normalized spacial score (nSPS) is 10.6. The van der Waals surface area contributed by atoms with Crippen LogP contribution in [0.2, 0.25) is 0 Å². The molecular formula is C11H6BrFN2O4S2. The summed E-state index contributed by atoms with van der Waals surface area (Å²) in [5, 5.41) is 19.9. The Labute approximate surface area is 134 Å². The molecule has 0 fully saturated rings. The van der Waals surface area contributed by atoms with Crippen molar-refractivity contribution in [2.24, 2.45) is 0 Å². The van der Waals surface area contributed by atoms with Gasteiger partial charge in [-0.25, -0.2) is 14.2 Å². The molecule has 0 saturated carbocycles. The van der Waals surface area contributed by atoms with E-state index >= 15 is 0 Å². The van der Waals surface area contributed by atoms with E-state index in [1.165, 1.54) is 6.92 Å². The van der Waals surface area contributed by atoms with Gasteiger partial charge in [0.15, 0.2) is 4.34 Å². The summed E-state index contributed by atoms with van der Waals surface area (Å²) < 4.78 is 13.8. The molecule has 0 bridgehead atoms. The van der Waals surface area contributed by atoms with Crippen LogP contribution < -0.4 is 0 Å². The van der Waals surface area contributed by atoms with Gasteiger partial charge in [0.2, 0.25) is 0 Å². The predicted molar refractivity (Wildman–Crippen MR) is 78.7 cm³/mol. The third-order valence-electron chi connectivity index (χ3n) is 2.37. The molecule has 0 aliphatic rings. The summed E-state index contributed by atoms with van der Waals surface area (Å²) in [6, 6.07) is 2.08. The van der Waals surface area contributed by atoms with Crippen molar-refractivity contribution in [3.05, 3.63) is 43.1 Å². The molecule has 1 aromatic carbocycles. The summed E-state index contributed by atoms with van der Waals surface area (Å²) in [6.45, 7) is 1.53. The van der Waals surface area contributed by atoms with Gasteiger partial charge < -0.3 is 5.11 Å². The van der Waals surface area contributed by atoms with E-state index in [1.54, 1.807) is 0 Å². The lowest BCUT2D eigenvalue weighted by atomic mass is 10.3. The van der Waals surface area contributed by atoms with Gasteiger partial charge in [0, 0.05) is 6.07 Å². The van der Waals surface area contributed by atoms with E-state index in [2.05, 4.69) is 20.9 Å². The Hall–Kier alpha value is -1.52. The molecule has 21 heavy (non-hydrogen) atoms. The zero-order chi connectivity index (χ0) is 15.7. The molecule has 10 heteroatoms. The van der Waals surface area contributed by atoms with Gasteiger partial charge in [-0.2, -0.15) is 0 Å². The molecule has 1 aromatic heterocycles. The minimum atomic E-state index is -1.12. The highest BCUT2D eigenvalue weighted by molar-refractivity contribution is 9.10. The van der Waals surface area contributed by atoms with Gasteiger partial charge in [0.1, 0.15) is 10.7 Å². The first-order chi connectivity index (χ1) is 9.79. The maximum Gasteiger partial charge on any atom is 0.347 e. The molecule has 1 N–H and O–H groups in total. The second-order valence-corrected chi connectivity index (χ2v) is 6.94. The van der Waals surface area contributed by atoms with Crippen molar-refractivity contribution in [2.45, 2.75) is 16.2 Å². The third kappa shape index (κ3) is 3.39. The number of benzene rings is 1. The van der Waals surface area contributed by atoms with Gasteiger partial charge in [-0.3, -0.25) is 10.1 Å². The first-order valence-electron chi connectivity index (χ1n) is 5.31. The van der Waals surface area contributed by atoms with Crippen LogP contribution in [0.25, 0.3) is 0 Å². The lowest BCUT2D eigenvalue weighted by Crippen LogP contribution is -1.94. The number of aryl methyl sites for hydroxylation is 1. The number of nitro benzene ring substituents is 1. The van der Waals surface area contributed by atoms with E-state index in [0.29, 0.717) is 10.0 Å². The Balaban J connectivity index is 2.44. The molecule has 0 atom stereocenters. The molecule has 0 aliphatic carbocycles. The molecule has 0 radical (unpaired) electrons. The van der Waals surface area contributed by atoms with Crippen LogP contribution in [0.15, 0.2) is 25.8 Å². The number of rotatable bonds is 4. The first-order valence-corrected chi connectivity index (χ1v) is 7.74. The average molecular weight is 393 g/mol. The molecule has 2 rings (SSSR count). The van der Waals surface area contributed by atoms with Crippen molar-refractivity contribution in [1.29, 1.82) is 0 Å². The third-order valence-corrected chi connectivity index (χ3v) is 5.23. The van der Waals surface area contributed by atoms with Crippen LogP contribution in [0.4, 0.5) is 10.1 Å². The number of thiazole rings is 1. The molecule has 6 nitrogen and oxygen atoms in total. The first kappa shape index (κ1) is 15.9. The summed E-state index contributed by atoms with van der Waals surface area (Å²) in [6.07, 6.45) is 0. The largest absolute Gasteiger partial charge is 0.477 e. The fourth-order valence-electron chi connectivity index (χ4n) is 1.45. The van der Waals surface area contributed by atoms with E-state index in [-0.39, 0.29) is 19.9 Å². The molecule has 0 saturated heterocycles. The summed E-state index contributed by atoms with van der Waals surface area (Å²) in [5.74, 6) is -1.76. The lowest BCUT2D eigenvalue weighted by Gasteiger charge is -2.02. The van der Waals surface area contributed by atoms with Crippen LogP contribution in [0.3, 0.4) is 0 Å². The summed E-state index contributed by atoms with van der Waals surface area (Å²) in [4.78, 5) is 25.4. The van der Waals surface area contributed by atoms with Crippen LogP contribution in [0.5, 0.6) is 0 Å². The smallest absolute Gasteiger partial charge is 0.347 e. The van der Waals surface area contributed by atoms with E-state index in [9.17, 15) is 19.3 Å². The van der Waals surface area contributed by atoms with Crippen molar-refractivity contribution in [3.63, 3.8) is 0 Å². The van der Waals surface area contributed by atoms with Crippen LogP contribution in [-0.2, 0) is 0 Å². The highest BCUT2D eigenvalue weighted by Gasteiger charge is 2.21. The zero-order valence-electron chi connectivity index (χ0n) is 10.3. The minimum absolute atomic E-state index is 0.0138. The second kappa shape index (κ2) is 6.08. The van der Waals surface area contributed by atoms with Crippen LogP contribution in [0.1, 0.15) is 15.4 Å². The summed E-state index contributed by atoms with van der Waals surface area (Å²) >= 11 is 4.64. The highest BCUT2D eigenvalue weighted by Crippen LogP contribution is 2.39. The standard InChI is InChI=1S/C11H6BrFN2O4S2/c1-4-9(10(16)17)21-11(14-4)20-8-3-6(13)5(12)2-7(8)15(18)19/h2-3H,1H3,(H,16,17). The maximum atomic E-state index is 13.5. The Bertz CT molecular complexity index is 750. The van der Waals surface area contributed by atoms with Crippen LogP contribution in [0, 0.1) is 22.9 Å². The molecule has 0 spiro atoms. The lowest BCUT2D eigenvalue weighted by molar-refractivity contribution is -0.387. The Morgan fingerprint density at radius 3 is 2.76 bits per heavy atom. The van der Waals surface area contributed by atoms with E-state index < -0.39 is 16.7 Å². The number of aromatic nitrogens is 1. The number of carboxylic acids is 1. The van der Waals surface area contributed by atoms with Crippen molar-refractivity contribution >= 4 is 50.7 Å². The van der Waals surface area contributed by atoms with Gasteiger partial charge >= 0.3 is 5.97 Å². The Kier molecular flexibility index (Phi) is 4.59. The molecule has 0 amide bonds. The molecule has 1 heterocycles. The molecule has 0 unspecified atom stereocenters. The summed E-state index contributed by atoms with van der Waals surface area (Å²) in [5.41, 5.74) is 0.0354. The number of nitro groups is 1. The number of hydrogen-bond acceptors (Lipinski definition) is 6. The molecule has 110 valence electrons. The quantitative estimate of drug-likeness (QED) is 0.621. The number of carboxylic acid groups (broad SMARTS) is 1. The fourth-order valence-corrected chi connectivity index (χ4v) is 3.88. The number of carbonyl (C=O) groups is 1. The zero-order valence-corrected chi connectivity index (χ0v) is 13.5. The maximum absolute atomic E-state index is 13.5. The van der Waals surface area contributed by atoms with Gasteiger partial charge in [0.05, 0.1) is 20.0 Å². The van der Waals surface area contributed by atoms with Crippen molar-refractivity contribution in [3.8, 4) is 0 Å². The van der Waals surface area contributed by atoms with Crippen molar-refractivity contribution in [2.75, 3.05) is 0 Å². The van der Waals surface area contributed by atoms with Crippen molar-refractivity contribution in [1.82, 2.24) is 4.98 Å². The van der Waals surface area contributed by atoms with Crippen LogP contribution >= 0.6 is 39.0 Å². The van der Waals surface area contributed by atoms with Gasteiger partial charge in [0.25, 0.3) is 5.69 Å². The van der Waals surface area contributed by atoms with E-state index in [0.717, 1.165) is 35.2 Å². The predicted octanol–water partition coefficient (Wildman–Crippen LogP) is 4.11. The molecule has 0 aliphatic heterocycles. The fraction of sp³-hybridized carbons (Fsp3) is 0.0909. The minimum Gasteiger partial charge on any atom is -0.477 e. The molecule has 2 aromatic rings. The Morgan fingerprint density at radius 1 is 1.57 bits per heavy atom. The monoisotopic (exact) mass is 392 g/mol. The number of hydrogen-bond donors (Lipinski definition) is 1. The van der Waals surface area contributed by atoms with Gasteiger partial charge in [-0.05, 0) is 28.9 Å². The summed E-state index contributed by atoms with van der Waals surface area (Å²) in [7, 11) is 0. The van der Waals surface area contributed by atoms with E-state index in [4.69, 9.17) is 5.11 Å². The van der Waals surface area contributed by atoms with Gasteiger partial charge in [-0.1, -0.05) is 11.8 Å². The number of halogens is 2. The number of nitrogens with zero attached hydrogens (tertiary/aromatic N) is 2. The van der Waals surface area contributed by atoms with Crippen LogP contribution in [-0.4, -0.2) is 21.0 Å². The molecular weight excluding hydrogens is 387 g/mol. The van der Waals surface area contributed by atoms with Crippen molar-refractivity contribution < 1.29 is 19.2 Å². The van der Waals surface area contributed by atoms with Gasteiger partial charge in [-0.15, -0.1) is 11.3 Å². The SMILES string of the molecule is Cc1nc(Sc2cc(F)c(Br)cc2[N+](=O)[O-])sc1C(=O)O. The topological polar surface area (TPSA) is 93.3 Å².